The summed E-state index contributed by atoms with van der Waals surface area (Å²) in [6.07, 6.45) is 9.28. The van der Waals surface area contributed by atoms with Crippen LogP contribution in [0.25, 0.3) is 0 Å². The zero-order chi connectivity index (χ0) is 13.6. The molecule has 1 aliphatic rings. The Bertz CT molecular complexity index is 430. The van der Waals surface area contributed by atoms with Gasteiger partial charge in [-0.05, 0) is 31.7 Å². The van der Waals surface area contributed by atoms with E-state index in [1.165, 1.54) is 5.56 Å². The summed E-state index contributed by atoms with van der Waals surface area (Å²) in [4.78, 5) is 12.6. The third-order valence-corrected chi connectivity index (χ3v) is 4.05. The zero-order valence-electron chi connectivity index (χ0n) is 11.7. The lowest BCUT2D eigenvalue weighted by atomic mass is 9.78. The van der Waals surface area contributed by atoms with E-state index in [0.29, 0.717) is 0 Å². The fourth-order valence-electron chi connectivity index (χ4n) is 2.99. The molecule has 0 aliphatic heterocycles. The van der Waals surface area contributed by atoms with Crippen molar-refractivity contribution in [2.24, 2.45) is 0 Å². The Labute approximate surface area is 115 Å². The lowest BCUT2D eigenvalue weighted by Crippen LogP contribution is -2.42. The van der Waals surface area contributed by atoms with Crippen LogP contribution in [-0.2, 0) is 10.2 Å². The predicted molar refractivity (Wildman–Crippen MR) is 79.0 cm³/mol. The van der Waals surface area contributed by atoms with E-state index in [2.05, 4.69) is 23.5 Å². The molecule has 1 N–H and O–H groups in total. The summed E-state index contributed by atoms with van der Waals surface area (Å²) in [5.41, 5.74) is 0.896. The molecule has 19 heavy (non-hydrogen) atoms. The van der Waals surface area contributed by atoms with Crippen LogP contribution in [-0.4, -0.2) is 12.5 Å². The molecule has 0 atom stereocenters. The molecule has 0 heterocycles. The summed E-state index contributed by atoms with van der Waals surface area (Å²) in [5, 5.41) is 3.11. The number of carbonyl (C=O) groups is 1. The highest BCUT2D eigenvalue weighted by atomic mass is 16.2. The van der Waals surface area contributed by atoms with Crippen LogP contribution in [0.15, 0.2) is 42.5 Å². The normalized spacial score (nSPS) is 17.7. The van der Waals surface area contributed by atoms with Crippen LogP contribution < -0.4 is 5.32 Å². The maximum atomic E-state index is 12.6. The van der Waals surface area contributed by atoms with Crippen LogP contribution in [0.4, 0.5) is 0 Å². The SMILES string of the molecule is C/C=C/CCNC(=O)C1(c2ccccc2)CCCC1. The van der Waals surface area contributed by atoms with E-state index in [1.807, 2.05) is 31.2 Å². The van der Waals surface area contributed by atoms with Gasteiger partial charge in [-0.1, -0.05) is 55.3 Å². The molecule has 2 rings (SSSR count). The van der Waals surface area contributed by atoms with Gasteiger partial charge in [-0.3, -0.25) is 4.79 Å². The number of allylic oxidation sites excluding steroid dienone is 1. The van der Waals surface area contributed by atoms with Gasteiger partial charge in [0.05, 0.1) is 5.41 Å². The zero-order valence-corrected chi connectivity index (χ0v) is 11.7. The number of benzene rings is 1. The van der Waals surface area contributed by atoms with Crippen LogP contribution in [0.2, 0.25) is 0 Å². The summed E-state index contributed by atoms with van der Waals surface area (Å²) in [7, 11) is 0. The van der Waals surface area contributed by atoms with Gasteiger partial charge in [-0.2, -0.15) is 0 Å². The van der Waals surface area contributed by atoms with E-state index in [-0.39, 0.29) is 11.3 Å². The van der Waals surface area contributed by atoms with Gasteiger partial charge in [-0.25, -0.2) is 0 Å². The van der Waals surface area contributed by atoms with Crippen molar-refractivity contribution < 1.29 is 4.79 Å². The van der Waals surface area contributed by atoms with Crippen LogP contribution in [0.1, 0.15) is 44.6 Å². The first kappa shape index (κ1) is 13.9. The molecule has 0 unspecified atom stereocenters. The summed E-state index contributed by atoms with van der Waals surface area (Å²) < 4.78 is 0. The molecule has 2 nitrogen and oxygen atoms in total. The van der Waals surface area contributed by atoms with E-state index >= 15 is 0 Å². The molecule has 1 saturated carbocycles. The largest absolute Gasteiger partial charge is 0.355 e. The maximum absolute atomic E-state index is 12.6. The smallest absolute Gasteiger partial charge is 0.230 e. The predicted octanol–water partition coefficient (Wildman–Crippen LogP) is 3.58. The molecule has 0 radical (unpaired) electrons. The van der Waals surface area contributed by atoms with Crippen LogP contribution in [0, 0.1) is 0 Å². The average Bonchev–Trinajstić information content (AvgIpc) is 2.95. The quantitative estimate of drug-likeness (QED) is 0.634. The van der Waals surface area contributed by atoms with Crippen LogP contribution in [0.5, 0.6) is 0 Å². The summed E-state index contributed by atoms with van der Waals surface area (Å²) in [5.74, 6) is 0.209. The van der Waals surface area contributed by atoms with Crippen LogP contribution >= 0.6 is 0 Å². The fraction of sp³-hybridized carbons (Fsp3) is 0.471. The molecule has 0 aromatic heterocycles. The Hall–Kier alpha value is -1.57. The van der Waals surface area contributed by atoms with Crippen LogP contribution in [0.3, 0.4) is 0 Å². The second-order valence-electron chi connectivity index (χ2n) is 5.27. The van der Waals surface area contributed by atoms with Crippen molar-refractivity contribution in [3.05, 3.63) is 48.0 Å². The van der Waals surface area contributed by atoms with Gasteiger partial charge in [0.25, 0.3) is 0 Å². The molecule has 102 valence electrons. The van der Waals surface area contributed by atoms with E-state index < -0.39 is 0 Å². The molecule has 0 spiro atoms. The van der Waals surface area contributed by atoms with E-state index in [1.54, 1.807) is 0 Å². The van der Waals surface area contributed by atoms with Crippen molar-refractivity contribution in [3.63, 3.8) is 0 Å². The van der Waals surface area contributed by atoms with E-state index in [0.717, 1.165) is 38.6 Å². The first-order valence-electron chi connectivity index (χ1n) is 7.24. The minimum absolute atomic E-state index is 0.209. The molecular weight excluding hydrogens is 234 g/mol. The molecular formula is C17H23NO. The summed E-state index contributed by atoms with van der Waals surface area (Å²) >= 11 is 0. The standard InChI is InChI=1S/C17H23NO/c1-2-3-9-14-18-16(19)17(12-7-8-13-17)15-10-5-4-6-11-15/h2-6,10-11H,7-9,12-14H2,1H3,(H,18,19)/b3-2+. The van der Waals surface area contributed by atoms with Gasteiger partial charge in [-0.15, -0.1) is 0 Å². The molecule has 1 aromatic rings. The highest BCUT2D eigenvalue weighted by molar-refractivity contribution is 5.88. The lowest BCUT2D eigenvalue weighted by Gasteiger charge is -2.28. The number of hydrogen-bond acceptors (Lipinski definition) is 1. The molecule has 0 bridgehead atoms. The van der Waals surface area contributed by atoms with Crippen molar-refractivity contribution in [1.29, 1.82) is 0 Å². The number of amides is 1. The minimum atomic E-state index is -0.281. The Kier molecular flexibility index (Phi) is 4.78. The summed E-state index contributed by atoms with van der Waals surface area (Å²) in [6.45, 7) is 2.74. The maximum Gasteiger partial charge on any atom is 0.230 e. The number of hydrogen-bond donors (Lipinski definition) is 1. The van der Waals surface area contributed by atoms with E-state index in [9.17, 15) is 4.79 Å². The fourth-order valence-corrected chi connectivity index (χ4v) is 2.99. The highest BCUT2D eigenvalue weighted by Crippen LogP contribution is 2.41. The highest BCUT2D eigenvalue weighted by Gasteiger charge is 2.42. The Balaban J connectivity index is 2.09. The second-order valence-corrected chi connectivity index (χ2v) is 5.27. The Morgan fingerprint density at radius 2 is 1.95 bits per heavy atom. The van der Waals surface area contributed by atoms with Crippen molar-refractivity contribution in [3.8, 4) is 0 Å². The van der Waals surface area contributed by atoms with Gasteiger partial charge >= 0.3 is 0 Å². The van der Waals surface area contributed by atoms with Gasteiger partial charge in [0.2, 0.25) is 5.91 Å². The number of nitrogens with one attached hydrogen (secondary N) is 1. The molecule has 1 aromatic carbocycles. The van der Waals surface area contributed by atoms with E-state index in [4.69, 9.17) is 0 Å². The topological polar surface area (TPSA) is 29.1 Å². The molecule has 0 saturated heterocycles. The molecule has 1 aliphatic carbocycles. The lowest BCUT2D eigenvalue weighted by molar-refractivity contribution is -0.126. The first-order valence-corrected chi connectivity index (χ1v) is 7.24. The van der Waals surface area contributed by atoms with Crippen molar-refractivity contribution in [2.75, 3.05) is 6.54 Å². The van der Waals surface area contributed by atoms with Crippen molar-refractivity contribution >= 4 is 5.91 Å². The van der Waals surface area contributed by atoms with Gasteiger partial charge in [0.1, 0.15) is 0 Å². The van der Waals surface area contributed by atoms with Gasteiger partial charge in [0, 0.05) is 6.54 Å². The van der Waals surface area contributed by atoms with Gasteiger partial charge < -0.3 is 5.32 Å². The van der Waals surface area contributed by atoms with Crippen molar-refractivity contribution in [2.45, 2.75) is 44.4 Å². The summed E-state index contributed by atoms with van der Waals surface area (Å²) in [6, 6.07) is 10.3. The number of rotatable bonds is 5. The third kappa shape index (κ3) is 3.06. The minimum Gasteiger partial charge on any atom is -0.355 e. The molecule has 1 fully saturated rings. The van der Waals surface area contributed by atoms with Gasteiger partial charge in [0.15, 0.2) is 0 Å². The first-order chi connectivity index (χ1) is 9.29. The van der Waals surface area contributed by atoms with Crippen molar-refractivity contribution in [1.82, 2.24) is 5.32 Å². The second kappa shape index (κ2) is 6.55. The average molecular weight is 257 g/mol. The Morgan fingerprint density at radius 1 is 1.26 bits per heavy atom. The number of carbonyl (C=O) groups excluding carboxylic acids is 1. The Morgan fingerprint density at radius 3 is 2.58 bits per heavy atom. The molecule has 1 amide bonds. The monoisotopic (exact) mass is 257 g/mol. The third-order valence-electron chi connectivity index (χ3n) is 4.05. The molecule has 2 heteroatoms.